The van der Waals surface area contributed by atoms with Crippen molar-refractivity contribution >= 4 is 34.0 Å². The van der Waals surface area contributed by atoms with E-state index in [1.54, 1.807) is 12.2 Å². The van der Waals surface area contributed by atoms with Crippen LogP contribution in [0.2, 0.25) is 0 Å². The van der Waals surface area contributed by atoms with E-state index in [1.807, 2.05) is 96.6 Å². The number of benzene rings is 2. The highest BCUT2D eigenvalue weighted by Gasteiger charge is 2.27. The van der Waals surface area contributed by atoms with Crippen LogP contribution in [0, 0.1) is 0 Å². The van der Waals surface area contributed by atoms with Gasteiger partial charge in [0.05, 0.1) is 5.39 Å². The van der Waals surface area contributed by atoms with Gasteiger partial charge in [-0.3, -0.25) is 4.79 Å². The number of allylic oxidation sites excluding steroid dienone is 5. The molecule has 0 amide bonds. The molecule has 0 bridgehead atoms. The van der Waals surface area contributed by atoms with Gasteiger partial charge in [0.2, 0.25) is 5.52 Å². The molecule has 0 N–H and O–H groups in total. The molecule has 1 aromatic heterocycles. The first-order valence-corrected chi connectivity index (χ1v) is 9.82. The lowest BCUT2D eigenvalue weighted by molar-refractivity contribution is -0.644. The Hall–Kier alpha value is -3.92. The maximum atomic E-state index is 12.8. The number of ketones is 1. The van der Waals surface area contributed by atoms with Gasteiger partial charge in [0.25, 0.3) is 0 Å². The van der Waals surface area contributed by atoms with E-state index >= 15 is 0 Å². The maximum Gasteiger partial charge on any atom is 0.212 e. The van der Waals surface area contributed by atoms with Crippen LogP contribution in [0.25, 0.3) is 22.6 Å². The van der Waals surface area contributed by atoms with Crippen LogP contribution in [0.1, 0.15) is 11.1 Å². The lowest BCUT2D eigenvalue weighted by Gasteiger charge is -2.30. The molecule has 2 aliphatic rings. The van der Waals surface area contributed by atoms with Crippen LogP contribution < -0.4 is 14.6 Å². The third-order valence-electron chi connectivity index (χ3n) is 5.72. The standard InChI is InChI=1S/C26H20N2O2/c1-27-13-11-17(19-7-3-5-9-23(19)27)15-21-25(29)22(26(21)30)16-18-12-14-28(2)24-10-6-4-8-20(18)24/h3-16H,1-2H3. The summed E-state index contributed by atoms with van der Waals surface area (Å²) in [6.45, 7) is 0. The predicted molar refractivity (Wildman–Crippen MR) is 117 cm³/mol. The molecule has 1 aliphatic carbocycles. The minimum atomic E-state index is -0.199. The van der Waals surface area contributed by atoms with Crippen molar-refractivity contribution in [1.29, 1.82) is 0 Å². The van der Waals surface area contributed by atoms with Gasteiger partial charge in [0.1, 0.15) is 7.05 Å². The molecule has 0 radical (unpaired) electrons. The van der Waals surface area contributed by atoms with E-state index in [0.717, 1.165) is 33.3 Å². The van der Waals surface area contributed by atoms with Crippen molar-refractivity contribution in [3.05, 3.63) is 107 Å². The number of aromatic nitrogens is 1. The number of carbonyl (C=O) groups is 1. The summed E-state index contributed by atoms with van der Waals surface area (Å²) in [5.74, 6) is -0.399. The highest BCUT2D eigenvalue weighted by molar-refractivity contribution is 6.24. The lowest BCUT2D eigenvalue weighted by atomic mass is 9.84. The monoisotopic (exact) mass is 392 g/mol. The summed E-state index contributed by atoms with van der Waals surface area (Å²) in [7, 11) is 3.95. The molecule has 2 heterocycles. The SMILES string of the molecule is CN1C=CC(=CC2=C([O-])C(=Cc3cc[n+](C)c4ccccc34)C2=O)c2ccccc21. The number of aryl methyl sites for hydroxylation is 1. The topological polar surface area (TPSA) is 47.2 Å². The van der Waals surface area contributed by atoms with Gasteiger partial charge in [-0.05, 0) is 41.5 Å². The van der Waals surface area contributed by atoms with Crippen LogP contribution >= 0.6 is 0 Å². The smallest absolute Gasteiger partial charge is 0.212 e. The van der Waals surface area contributed by atoms with Crippen molar-refractivity contribution in [1.82, 2.24) is 0 Å². The summed E-state index contributed by atoms with van der Waals surface area (Å²) < 4.78 is 2.02. The third-order valence-corrected chi connectivity index (χ3v) is 5.72. The second-order valence-corrected chi connectivity index (χ2v) is 7.57. The Labute approximate surface area is 175 Å². The number of nitrogens with zero attached hydrogens (tertiary/aromatic N) is 2. The highest BCUT2D eigenvalue weighted by atomic mass is 16.3. The molecule has 146 valence electrons. The Morgan fingerprint density at radius 2 is 1.77 bits per heavy atom. The molecule has 0 atom stereocenters. The van der Waals surface area contributed by atoms with Crippen LogP contribution in [-0.4, -0.2) is 12.8 Å². The second-order valence-electron chi connectivity index (χ2n) is 7.57. The summed E-state index contributed by atoms with van der Waals surface area (Å²) in [5, 5.41) is 13.8. The van der Waals surface area contributed by atoms with E-state index in [9.17, 15) is 9.90 Å². The second kappa shape index (κ2) is 6.85. The fourth-order valence-corrected chi connectivity index (χ4v) is 4.03. The third kappa shape index (κ3) is 2.77. The summed E-state index contributed by atoms with van der Waals surface area (Å²) in [5.41, 5.74) is 5.33. The minimum absolute atomic E-state index is 0.199. The Morgan fingerprint density at radius 3 is 2.60 bits per heavy atom. The Kier molecular flexibility index (Phi) is 4.14. The van der Waals surface area contributed by atoms with E-state index < -0.39 is 0 Å². The van der Waals surface area contributed by atoms with Gasteiger partial charge in [-0.1, -0.05) is 36.1 Å². The summed E-state index contributed by atoms with van der Waals surface area (Å²) in [6, 6.07) is 17.9. The zero-order valence-electron chi connectivity index (χ0n) is 16.8. The fourth-order valence-electron chi connectivity index (χ4n) is 4.03. The van der Waals surface area contributed by atoms with Crippen molar-refractivity contribution < 1.29 is 14.5 Å². The molecule has 0 fully saturated rings. The first-order chi connectivity index (χ1) is 14.5. The molecule has 30 heavy (non-hydrogen) atoms. The number of pyridine rings is 1. The molecule has 5 rings (SSSR count). The average molecular weight is 392 g/mol. The molecular weight excluding hydrogens is 372 g/mol. The minimum Gasteiger partial charge on any atom is -0.871 e. The first-order valence-electron chi connectivity index (χ1n) is 9.82. The van der Waals surface area contributed by atoms with Gasteiger partial charge in [0, 0.05) is 47.8 Å². The molecule has 0 saturated heterocycles. The largest absolute Gasteiger partial charge is 0.871 e. The zero-order chi connectivity index (χ0) is 20.8. The van der Waals surface area contributed by atoms with Crippen molar-refractivity contribution in [2.24, 2.45) is 7.05 Å². The molecule has 0 unspecified atom stereocenters. The number of carbonyl (C=O) groups excluding carboxylic acids is 1. The van der Waals surface area contributed by atoms with E-state index in [2.05, 4.69) is 0 Å². The quantitative estimate of drug-likeness (QED) is 0.497. The molecule has 3 aromatic rings. The zero-order valence-corrected chi connectivity index (χ0v) is 16.8. The number of anilines is 1. The highest BCUT2D eigenvalue weighted by Crippen LogP contribution is 2.36. The van der Waals surface area contributed by atoms with Gasteiger partial charge >= 0.3 is 0 Å². The number of Topliss-reactive ketones (excluding diaryl/α,β-unsaturated/α-hetero) is 1. The van der Waals surface area contributed by atoms with Crippen LogP contribution in [0.3, 0.4) is 0 Å². The summed E-state index contributed by atoms with van der Waals surface area (Å²) >= 11 is 0. The van der Waals surface area contributed by atoms with Crippen molar-refractivity contribution in [2.75, 3.05) is 11.9 Å². The maximum absolute atomic E-state index is 12.8. The Morgan fingerprint density at radius 1 is 1.00 bits per heavy atom. The van der Waals surface area contributed by atoms with Crippen LogP contribution in [-0.2, 0) is 11.8 Å². The van der Waals surface area contributed by atoms with Crippen LogP contribution in [0.4, 0.5) is 5.69 Å². The van der Waals surface area contributed by atoms with Gasteiger partial charge < -0.3 is 10.0 Å². The molecule has 4 heteroatoms. The Bertz CT molecular complexity index is 1340. The number of fused-ring (bicyclic) bond motifs is 2. The first kappa shape index (κ1) is 18.1. The molecule has 4 nitrogen and oxygen atoms in total. The molecular formula is C26H20N2O2. The molecule has 0 spiro atoms. The number of rotatable bonds is 2. The van der Waals surface area contributed by atoms with Crippen LogP contribution in [0.15, 0.2) is 96.1 Å². The van der Waals surface area contributed by atoms with E-state index in [-0.39, 0.29) is 22.7 Å². The number of hydrogen-bond donors (Lipinski definition) is 0. The van der Waals surface area contributed by atoms with Gasteiger partial charge in [-0.2, -0.15) is 0 Å². The average Bonchev–Trinajstić information content (AvgIpc) is 2.78. The Balaban J connectivity index is 1.56. The van der Waals surface area contributed by atoms with Crippen molar-refractivity contribution in [3.8, 4) is 0 Å². The summed E-state index contributed by atoms with van der Waals surface area (Å²) in [4.78, 5) is 14.8. The fraction of sp³-hybridized carbons (Fsp3) is 0.0769. The van der Waals surface area contributed by atoms with Crippen molar-refractivity contribution in [2.45, 2.75) is 0 Å². The van der Waals surface area contributed by atoms with E-state index in [0.29, 0.717) is 0 Å². The van der Waals surface area contributed by atoms with Crippen molar-refractivity contribution in [3.63, 3.8) is 0 Å². The normalized spacial score (nSPS) is 18.3. The van der Waals surface area contributed by atoms with E-state index in [1.165, 1.54) is 0 Å². The number of hydrogen-bond acceptors (Lipinski definition) is 3. The molecule has 2 aromatic carbocycles. The lowest BCUT2D eigenvalue weighted by Crippen LogP contribution is -2.30. The van der Waals surface area contributed by atoms with Gasteiger partial charge in [-0.25, -0.2) is 4.57 Å². The van der Waals surface area contributed by atoms with Crippen LogP contribution in [0.5, 0.6) is 0 Å². The van der Waals surface area contributed by atoms with Gasteiger partial charge in [0.15, 0.2) is 12.0 Å². The summed E-state index contributed by atoms with van der Waals surface area (Å²) in [6.07, 6.45) is 9.24. The van der Waals surface area contributed by atoms with E-state index in [4.69, 9.17) is 0 Å². The number of para-hydroxylation sites is 2. The molecule has 0 saturated carbocycles. The predicted octanol–water partition coefficient (Wildman–Crippen LogP) is 3.29. The van der Waals surface area contributed by atoms with Gasteiger partial charge in [-0.15, -0.1) is 0 Å². The molecule has 1 aliphatic heterocycles.